The number of ketones is 1. The fourth-order valence-electron chi connectivity index (χ4n) is 3.45. The first-order valence-corrected chi connectivity index (χ1v) is 7.20. The summed E-state index contributed by atoms with van der Waals surface area (Å²) in [4.78, 5) is 26.0. The van der Waals surface area contributed by atoms with Crippen LogP contribution in [-0.4, -0.2) is 40.4 Å². The zero-order valence-electron chi connectivity index (χ0n) is 12.5. The fraction of sp³-hybridized carbons (Fsp3) is 0.867. The van der Waals surface area contributed by atoms with E-state index in [2.05, 4.69) is 11.8 Å². The summed E-state index contributed by atoms with van der Waals surface area (Å²) >= 11 is 0. The minimum atomic E-state index is -0.446. The van der Waals surface area contributed by atoms with Crippen molar-refractivity contribution < 1.29 is 14.3 Å². The smallest absolute Gasteiger partial charge is 0.320 e. The summed E-state index contributed by atoms with van der Waals surface area (Å²) in [6.07, 6.45) is 4.34. The van der Waals surface area contributed by atoms with Crippen LogP contribution in [0.1, 0.15) is 59.8 Å². The molecule has 0 aromatic rings. The molecule has 2 atom stereocenters. The van der Waals surface area contributed by atoms with Gasteiger partial charge in [-0.1, -0.05) is 6.42 Å². The first kappa shape index (κ1) is 14.5. The Bertz CT molecular complexity index is 385. The monoisotopic (exact) mass is 267 g/mol. The summed E-state index contributed by atoms with van der Waals surface area (Å²) in [5.41, 5.74) is -0.589. The van der Waals surface area contributed by atoms with Crippen LogP contribution in [0.3, 0.4) is 0 Å². The molecule has 0 aromatic carbocycles. The second-order valence-corrected chi connectivity index (χ2v) is 7.18. The molecule has 2 unspecified atom stereocenters. The van der Waals surface area contributed by atoms with E-state index >= 15 is 0 Å². The maximum atomic E-state index is 12.0. The van der Waals surface area contributed by atoms with Crippen LogP contribution in [0.2, 0.25) is 0 Å². The molecule has 0 spiro atoms. The largest absolute Gasteiger partial charge is 0.459 e. The number of piperidine rings is 2. The third-order valence-corrected chi connectivity index (χ3v) is 4.15. The molecule has 0 aliphatic carbocycles. The number of ether oxygens (including phenoxy) is 1. The van der Waals surface area contributed by atoms with Crippen molar-refractivity contribution in [3.05, 3.63) is 0 Å². The van der Waals surface area contributed by atoms with Gasteiger partial charge in [-0.3, -0.25) is 14.5 Å². The molecular weight excluding hydrogens is 242 g/mol. The molecule has 0 radical (unpaired) electrons. The van der Waals surface area contributed by atoms with Gasteiger partial charge in [0.2, 0.25) is 0 Å². The third kappa shape index (κ3) is 3.35. The Balaban J connectivity index is 2.06. The minimum absolute atomic E-state index is 0.144. The lowest BCUT2D eigenvalue weighted by atomic mass is 9.75. The molecule has 2 aliphatic heterocycles. The molecule has 0 aromatic heterocycles. The van der Waals surface area contributed by atoms with Crippen molar-refractivity contribution in [2.45, 2.75) is 77.0 Å². The van der Waals surface area contributed by atoms with Crippen molar-refractivity contribution in [3.8, 4) is 0 Å². The van der Waals surface area contributed by atoms with Gasteiger partial charge in [-0.25, -0.2) is 0 Å². The van der Waals surface area contributed by atoms with Crippen LogP contribution in [0.15, 0.2) is 0 Å². The average Bonchev–Trinajstić information content (AvgIpc) is 2.17. The average molecular weight is 267 g/mol. The topological polar surface area (TPSA) is 46.6 Å². The van der Waals surface area contributed by atoms with Crippen LogP contribution in [0, 0.1) is 0 Å². The van der Waals surface area contributed by atoms with Crippen LogP contribution in [-0.2, 0) is 14.3 Å². The molecule has 2 aliphatic rings. The summed E-state index contributed by atoms with van der Waals surface area (Å²) in [7, 11) is 0. The molecule has 0 amide bonds. The van der Waals surface area contributed by atoms with E-state index in [0.717, 1.165) is 19.3 Å². The van der Waals surface area contributed by atoms with Crippen molar-refractivity contribution in [1.29, 1.82) is 0 Å². The number of Topliss-reactive ketones (excluding diaryl/α,β-unsaturated/α-hetero) is 1. The molecule has 0 saturated carbocycles. The van der Waals surface area contributed by atoms with Gasteiger partial charge < -0.3 is 4.74 Å². The highest BCUT2D eigenvalue weighted by molar-refractivity contribution is 5.82. The van der Waals surface area contributed by atoms with Gasteiger partial charge in [0, 0.05) is 24.4 Å². The third-order valence-electron chi connectivity index (χ3n) is 4.15. The molecule has 19 heavy (non-hydrogen) atoms. The van der Waals surface area contributed by atoms with Crippen molar-refractivity contribution in [3.63, 3.8) is 0 Å². The Hall–Kier alpha value is -0.900. The van der Waals surface area contributed by atoms with Crippen LogP contribution >= 0.6 is 0 Å². The van der Waals surface area contributed by atoms with E-state index in [-0.39, 0.29) is 17.6 Å². The molecule has 2 bridgehead atoms. The van der Waals surface area contributed by atoms with Gasteiger partial charge in [-0.15, -0.1) is 0 Å². The number of rotatable bonds is 2. The number of carbonyl (C=O) groups is 2. The van der Waals surface area contributed by atoms with Crippen molar-refractivity contribution >= 4 is 11.8 Å². The van der Waals surface area contributed by atoms with Gasteiger partial charge in [0.15, 0.2) is 0 Å². The van der Waals surface area contributed by atoms with Gasteiger partial charge >= 0.3 is 5.97 Å². The lowest BCUT2D eigenvalue weighted by molar-refractivity contribution is -0.163. The Morgan fingerprint density at radius 1 is 1.47 bits per heavy atom. The van der Waals surface area contributed by atoms with Gasteiger partial charge in [-0.2, -0.15) is 0 Å². The predicted octanol–water partition coefficient (Wildman–Crippen LogP) is 2.30. The van der Waals surface area contributed by atoms with E-state index in [9.17, 15) is 9.59 Å². The van der Waals surface area contributed by atoms with Crippen LogP contribution < -0.4 is 0 Å². The van der Waals surface area contributed by atoms with E-state index in [0.29, 0.717) is 25.2 Å². The summed E-state index contributed by atoms with van der Waals surface area (Å²) in [6, 6.07) is 0.229. The Labute approximate surface area is 115 Å². The number of hydrogen-bond acceptors (Lipinski definition) is 4. The molecule has 2 rings (SSSR count). The molecule has 108 valence electrons. The van der Waals surface area contributed by atoms with E-state index < -0.39 is 5.60 Å². The van der Waals surface area contributed by atoms with Gasteiger partial charge in [0.25, 0.3) is 0 Å². The lowest BCUT2D eigenvalue weighted by Gasteiger charge is -2.52. The van der Waals surface area contributed by atoms with E-state index in [1.165, 1.54) is 0 Å². The first-order valence-electron chi connectivity index (χ1n) is 7.20. The summed E-state index contributed by atoms with van der Waals surface area (Å²) < 4.78 is 5.41. The zero-order chi connectivity index (χ0) is 14.3. The van der Waals surface area contributed by atoms with E-state index in [1.54, 1.807) is 0 Å². The predicted molar refractivity (Wildman–Crippen MR) is 72.8 cm³/mol. The molecule has 4 nitrogen and oxygen atoms in total. The van der Waals surface area contributed by atoms with Crippen LogP contribution in [0.4, 0.5) is 0 Å². The summed E-state index contributed by atoms with van der Waals surface area (Å²) in [5, 5.41) is 0. The molecular formula is C15H25NO3. The Morgan fingerprint density at radius 2 is 2.16 bits per heavy atom. The van der Waals surface area contributed by atoms with Crippen molar-refractivity contribution in [1.82, 2.24) is 4.90 Å². The fourth-order valence-corrected chi connectivity index (χ4v) is 3.45. The molecule has 2 heterocycles. The van der Waals surface area contributed by atoms with Gasteiger partial charge in [0.05, 0.1) is 6.54 Å². The molecule has 0 N–H and O–H groups in total. The molecule has 2 fully saturated rings. The normalized spacial score (nSPS) is 32.2. The zero-order valence-corrected chi connectivity index (χ0v) is 12.5. The standard InChI is InChI=1S/C15H25NO3/c1-14(2,3)19-13(18)10-16-11-6-5-7-15(16,4)9-12(17)8-11/h11H,5-10H2,1-4H3. The Kier molecular flexibility index (Phi) is 3.74. The first-order chi connectivity index (χ1) is 8.70. The highest BCUT2D eigenvalue weighted by Gasteiger charge is 2.46. The number of carbonyl (C=O) groups excluding carboxylic acids is 2. The number of hydrogen-bond donors (Lipinski definition) is 0. The van der Waals surface area contributed by atoms with Gasteiger partial charge in [0.1, 0.15) is 11.4 Å². The van der Waals surface area contributed by atoms with E-state index in [4.69, 9.17) is 4.74 Å². The number of esters is 1. The number of nitrogens with zero attached hydrogens (tertiary/aromatic N) is 1. The van der Waals surface area contributed by atoms with Crippen molar-refractivity contribution in [2.24, 2.45) is 0 Å². The lowest BCUT2D eigenvalue weighted by Crippen LogP contribution is -2.61. The SMILES string of the molecule is CC(C)(C)OC(=O)CN1C2CCCC1(C)CC(=O)C2. The van der Waals surface area contributed by atoms with Crippen LogP contribution in [0.25, 0.3) is 0 Å². The Morgan fingerprint density at radius 3 is 2.74 bits per heavy atom. The van der Waals surface area contributed by atoms with E-state index in [1.807, 2.05) is 20.8 Å². The second-order valence-electron chi connectivity index (χ2n) is 7.18. The highest BCUT2D eigenvalue weighted by Crippen LogP contribution is 2.40. The van der Waals surface area contributed by atoms with Gasteiger partial charge in [-0.05, 0) is 40.5 Å². The number of fused-ring (bicyclic) bond motifs is 2. The second kappa shape index (κ2) is 4.89. The molecule has 4 heteroatoms. The quantitative estimate of drug-likeness (QED) is 0.720. The summed E-state index contributed by atoms with van der Waals surface area (Å²) in [6.45, 7) is 8.07. The maximum Gasteiger partial charge on any atom is 0.320 e. The van der Waals surface area contributed by atoms with Crippen LogP contribution in [0.5, 0.6) is 0 Å². The highest BCUT2D eigenvalue weighted by atomic mass is 16.6. The minimum Gasteiger partial charge on any atom is -0.459 e. The maximum absolute atomic E-state index is 12.0. The van der Waals surface area contributed by atoms with Crippen molar-refractivity contribution in [2.75, 3.05) is 6.54 Å². The molecule has 2 saturated heterocycles. The summed E-state index contributed by atoms with van der Waals surface area (Å²) in [5.74, 6) is 0.160.